The molecule has 0 aliphatic carbocycles. The average molecular weight is 214 g/mol. The zero-order valence-corrected chi connectivity index (χ0v) is 9.35. The molecule has 1 aromatic rings. The number of aromatic nitrogens is 3. The van der Waals surface area contributed by atoms with Crippen molar-refractivity contribution in [2.75, 3.05) is 17.2 Å². The van der Waals surface area contributed by atoms with Crippen molar-refractivity contribution in [2.24, 2.45) is 0 Å². The largest absolute Gasteiger partial charge is 0.373 e. The first kappa shape index (κ1) is 7.67. The molecule has 0 aliphatic heterocycles. The Balaban J connectivity index is 3.38. The van der Waals surface area contributed by atoms with E-state index in [4.69, 9.17) is 4.24 Å². The fourth-order valence-electron chi connectivity index (χ4n) is 0.898. The van der Waals surface area contributed by atoms with E-state index in [2.05, 4.69) is 9.97 Å². The molecule has 15 heavy (non-hydrogen) atoms. The first-order chi connectivity index (χ1) is 8.18. The van der Waals surface area contributed by atoms with E-state index in [1.165, 1.54) is 0 Å². The lowest BCUT2D eigenvalue weighted by molar-refractivity contribution is 0.624. The quantitative estimate of drug-likeness (QED) is 0.693. The molecule has 0 radical (unpaired) electrons. The fourth-order valence-corrected chi connectivity index (χ4v) is 0.898. The van der Waals surface area contributed by atoms with Gasteiger partial charge in [-0.05, 0) is 27.7 Å². The molecule has 0 saturated heterocycles. The van der Waals surface area contributed by atoms with E-state index in [9.17, 15) is 4.79 Å². The van der Waals surface area contributed by atoms with Crippen molar-refractivity contribution in [2.45, 2.75) is 33.2 Å². The Bertz CT molecular complexity index is 484. The van der Waals surface area contributed by atoms with Crippen LogP contribution in [0.2, 0.25) is 4.24 Å². The van der Waals surface area contributed by atoms with Gasteiger partial charge in [-0.1, -0.05) is 0 Å². The smallest absolute Gasteiger partial charge is 0.356 e. The predicted octanol–water partition coefficient (Wildman–Crippen LogP) is 0.807. The summed E-state index contributed by atoms with van der Waals surface area (Å²) in [6, 6.07) is 0. The molecule has 0 aliphatic rings. The van der Waals surface area contributed by atoms with Gasteiger partial charge in [-0.3, -0.25) is 4.98 Å². The number of nitrogens with one attached hydrogen (secondary N) is 3. The molecule has 0 unspecified atom stereocenters. The molecule has 6 heteroatoms. The van der Waals surface area contributed by atoms with Gasteiger partial charge in [-0.2, -0.15) is 9.97 Å². The second-order valence-corrected chi connectivity index (χ2v) is 3.97. The summed E-state index contributed by atoms with van der Waals surface area (Å²) in [5.41, 5.74) is -1.43. The summed E-state index contributed by atoms with van der Waals surface area (Å²) in [6.45, 7) is 7.23. The van der Waals surface area contributed by atoms with Crippen LogP contribution in [0.4, 0.5) is 11.9 Å². The van der Waals surface area contributed by atoms with Crippen molar-refractivity contribution in [1.82, 2.24) is 14.9 Å². The third-order valence-corrected chi connectivity index (χ3v) is 1.33. The Hall–Kier alpha value is -1.59. The number of hydrogen-bond acceptors (Lipinski definition) is 5. The van der Waals surface area contributed by atoms with Crippen LogP contribution in [0.3, 0.4) is 0 Å². The number of rotatable bonds is 3. The SMILES string of the molecule is [2H]N(CC)c1nc(=O)nc(N([2H])C(C)(C)C)n1[2H]. The highest BCUT2D eigenvalue weighted by Crippen LogP contribution is 2.08. The lowest BCUT2D eigenvalue weighted by atomic mass is 10.1. The summed E-state index contributed by atoms with van der Waals surface area (Å²) in [7, 11) is 0. The number of anilines is 2. The van der Waals surface area contributed by atoms with Crippen molar-refractivity contribution in [1.29, 1.82) is 0 Å². The second kappa shape index (κ2) is 4.29. The molecule has 0 amide bonds. The Morgan fingerprint density at radius 2 is 2.07 bits per heavy atom. The zero-order chi connectivity index (χ0) is 14.1. The van der Waals surface area contributed by atoms with Gasteiger partial charge >= 0.3 is 5.69 Å². The lowest BCUT2D eigenvalue weighted by Gasteiger charge is -2.20. The Morgan fingerprint density at radius 3 is 2.60 bits per heavy atom. The van der Waals surface area contributed by atoms with Crippen LogP contribution in [0.15, 0.2) is 4.79 Å². The van der Waals surface area contributed by atoms with Gasteiger partial charge in [-0.15, -0.1) is 0 Å². The summed E-state index contributed by atoms with van der Waals surface area (Å²) >= 11 is 0. The minimum Gasteiger partial charge on any atom is -0.356 e. The van der Waals surface area contributed by atoms with Gasteiger partial charge in [0.2, 0.25) is 11.9 Å². The van der Waals surface area contributed by atoms with Crippen LogP contribution in [-0.2, 0) is 0 Å². The molecular formula is C9H17N5O. The summed E-state index contributed by atoms with van der Waals surface area (Å²) in [6.07, 6.45) is 0. The highest BCUT2D eigenvalue weighted by atomic mass is 16.1. The summed E-state index contributed by atoms with van der Waals surface area (Å²) in [5, 5.41) is 1.85. The van der Waals surface area contributed by atoms with Gasteiger partial charge in [0, 0.05) is 12.1 Å². The number of H-pyrrole nitrogens is 1. The molecule has 0 atom stereocenters. The number of hydrogen-bond donors (Lipinski definition) is 3. The van der Waals surface area contributed by atoms with Crippen LogP contribution in [0.5, 0.6) is 0 Å². The van der Waals surface area contributed by atoms with Gasteiger partial charge in [-0.25, -0.2) is 4.79 Å². The van der Waals surface area contributed by atoms with Crippen molar-refractivity contribution in [3.8, 4) is 0 Å². The van der Waals surface area contributed by atoms with Crippen LogP contribution in [0.1, 0.15) is 27.7 Å². The molecule has 0 aromatic carbocycles. The minimum absolute atomic E-state index is 0.158. The Morgan fingerprint density at radius 1 is 1.47 bits per heavy atom. The third-order valence-electron chi connectivity index (χ3n) is 1.33. The lowest BCUT2D eigenvalue weighted by Crippen LogP contribution is -2.29. The van der Waals surface area contributed by atoms with Crippen molar-refractivity contribution < 1.29 is 4.24 Å². The molecule has 0 saturated carbocycles. The van der Waals surface area contributed by atoms with E-state index in [-0.39, 0.29) is 18.4 Å². The maximum atomic E-state index is 11.4. The average Bonchev–Trinajstić information content (AvgIpc) is 2.28. The monoisotopic (exact) mass is 214 g/mol. The highest BCUT2D eigenvalue weighted by molar-refractivity contribution is 5.34. The second-order valence-electron chi connectivity index (χ2n) is 3.97. The van der Waals surface area contributed by atoms with E-state index < -0.39 is 11.2 Å². The van der Waals surface area contributed by atoms with Crippen molar-refractivity contribution in [3.63, 3.8) is 0 Å². The van der Waals surface area contributed by atoms with Gasteiger partial charge < -0.3 is 10.6 Å². The molecule has 84 valence electrons. The molecule has 1 heterocycles. The van der Waals surface area contributed by atoms with E-state index in [1.54, 1.807) is 27.7 Å². The standard InChI is InChI=1S/C9H17N5O/c1-5-10-6-11-7(13-8(15)12-6)14-9(2,3)4/h5H2,1-4H3,(H3,10,11,12,13,14,15)/i/hD3. The third kappa shape index (κ3) is 3.97. The van der Waals surface area contributed by atoms with Gasteiger partial charge in [0.05, 0.1) is 0 Å². The highest BCUT2D eigenvalue weighted by Gasteiger charge is 2.11. The van der Waals surface area contributed by atoms with Crippen molar-refractivity contribution >= 4 is 11.9 Å². The molecule has 3 N–H and O–H groups in total. The maximum Gasteiger partial charge on any atom is 0.373 e. The van der Waals surface area contributed by atoms with E-state index in [1.807, 2.05) is 0 Å². The van der Waals surface area contributed by atoms with Crippen LogP contribution >= 0.6 is 0 Å². The molecular weight excluding hydrogens is 194 g/mol. The molecule has 0 spiro atoms. The van der Waals surface area contributed by atoms with Crippen LogP contribution in [0, 0.1) is 0 Å². The summed E-state index contributed by atoms with van der Waals surface area (Å²) in [4.78, 5) is 19.2. The molecule has 0 fully saturated rings. The van der Waals surface area contributed by atoms with Crippen LogP contribution < -0.4 is 16.3 Å². The minimum atomic E-state index is -0.810. The summed E-state index contributed by atoms with van der Waals surface area (Å²) in [5.74, 6) is -0.322. The maximum absolute atomic E-state index is 11.4. The normalized spacial score (nSPS) is 14.0. The number of aromatic amines is 1. The molecule has 1 aromatic heterocycles. The van der Waals surface area contributed by atoms with Crippen molar-refractivity contribution in [3.05, 3.63) is 10.5 Å². The van der Waals surface area contributed by atoms with E-state index in [0.29, 0.717) is 0 Å². The van der Waals surface area contributed by atoms with Crippen LogP contribution in [-0.4, -0.2) is 27.0 Å². The molecule has 6 nitrogen and oxygen atoms in total. The van der Waals surface area contributed by atoms with E-state index >= 15 is 0 Å². The van der Waals surface area contributed by atoms with Gasteiger partial charge in [0.25, 0.3) is 0 Å². The molecule has 1 rings (SSSR count). The Labute approximate surface area is 92.9 Å². The predicted molar refractivity (Wildman–Crippen MR) is 60.2 cm³/mol. The van der Waals surface area contributed by atoms with Crippen LogP contribution in [0.25, 0.3) is 0 Å². The van der Waals surface area contributed by atoms with Gasteiger partial charge in [0.15, 0.2) is 4.24 Å². The first-order valence-corrected chi connectivity index (χ1v) is 4.74. The number of nitrogens with zero attached hydrogens (tertiary/aromatic N) is 2. The van der Waals surface area contributed by atoms with E-state index in [0.717, 1.165) is 15.6 Å². The molecule has 0 bridgehead atoms. The fraction of sp³-hybridized carbons (Fsp3) is 0.667. The van der Waals surface area contributed by atoms with Gasteiger partial charge in [0.1, 0.15) is 0 Å². The summed E-state index contributed by atoms with van der Waals surface area (Å²) < 4.78 is 23.3. The topological polar surface area (TPSA) is 82.7 Å². The zero-order valence-electron chi connectivity index (χ0n) is 12.4. The first-order valence-electron chi connectivity index (χ1n) is 6.08. The Kier molecular flexibility index (Phi) is 2.19.